The average molecular weight is 489 g/mol. The molecule has 0 aliphatic carbocycles. The van der Waals surface area contributed by atoms with Crippen molar-refractivity contribution in [3.8, 4) is 11.1 Å². The van der Waals surface area contributed by atoms with E-state index in [0.29, 0.717) is 5.56 Å². The summed E-state index contributed by atoms with van der Waals surface area (Å²) < 4.78 is 2.37. The summed E-state index contributed by atoms with van der Waals surface area (Å²) in [5.41, 5.74) is 10.8. The molecule has 0 fully saturated rings. The molecule has 5 rings (SSSR count). The van der Waals surface area contributed by atoms with Crippen molar-refractivity contribution in [1.29, 1.82) is 0 Å². The maximum absolute atomic E-state index is 11.6. The number of fused-ring (bicyclic) bond motifs is 1. The van der Waals surface area contributed by atoms with E-state index in [1.54, 1.807) is 12.1 Å². The van der Waals surface area contributed by atoms with Crippen molar-refractivity contribution in [3.05, 3.63) is 130 Å². The number of nitrogens with one attached hydrogen (secondary N) is 1. The minimum absolute atomic E-state index is 0.322. The Morgan fingerprint density at radius 3 is 2.16 bits per heavy atom. The summed E-state index contributed by atoms with van der Waals surface area (Å²) in [7, 11) is 0. The standard InChI is InChI=1S/C33H32N2O2/c1-22-8-10-25(11-9-22)19-34-20-27-14-17-32-31(18-27)23(2)24(3)35(32)21-26-12-15-28(16-13-26)29-6-4-5-7-30(29)33(36)37/h4-18,34H,19-21H2,1-3H3,(H,36,37). The lowest BCUT2D eigenvalue weighted by atomic mass is 9.99. The van der Waals surface area contributed by atoms with E-state index in [0.717, 1.165) is 30.8 Å². The van der Waals surface area contributed by atoms with Crippen molar-refractivity contribution in [3.63, 3.8) is 0 Å². The fourth-order valence-electron chi connectivity index (χ4n) is 4.96. The van der Waals surface area contributed by atoms with Gasteiger partial charge >= 0.3 is 5.97 Å². The van der Waals surface area contributed by atoms with E-state index in [1.165, 1.54) is 44.4 Å². The van der Waals surface area contributed by atoms with Crippen LogP contribution in [0.25, 0.3) is 22.0 Å². The molecular formula is C33H32N2O2. The first-order valence-electron chi connectivity index (χ1n) is 12.7. The monoisotopic (exact) mass is 488 g/mol. The minimum Gasteiger partial charge on any atom is -0.478 e. The van der Waals surface area contributed by atoms with Crippen LogP contribution in [0.4, 0.5) is 0 Å². The number of hydrogen-bond acceptors (Lipinski definition) is 2. The third-order valence-electron chi connectivity index (χ3n) is 7.25. The van der Waals surface area contributed by atoms with Gasteiger partial charge in [0.2, 0.25) is 0 Å². The Hall–Kier alpha value is -4.15. The van der Waals surface area contributed by atoms with Gasteiger partial charge in [-0.15, -0.1) is 0 Å². The molecule has 0 unspecified atom stereocenters. The second kappa shape index (κ2) is 10.5. The first kappa shape index (κ1) is 24.5. The van der Waals surface area contributed by atoms with Crippen LogP contribution in [0.2, 0.25) is 0 Å². The Morgan fingerprint density at radius 2 is 1.43 bits per heavy atom. The molecule has 5 aromatic rings. The van der Waals surface area contributed by atoms with E-state index in [-0.39, 0.29) is 0 Å². The smallest absolute Gasteiger partial charge is 0.336 e. The molecule has 4 nitrogen and oxygen atoms in total. The molecule has 2 N–H and O–H groups in total. The van der Waals surface area contributed by atoms with E-state index in [9.17, 15) is 9.90 Å². The van der Waals surface area contributed by atoms with Gasteiger partial charge in [0.05, 0.1) is 5.56 Å². The van der Waals surface area contributed by atoms with Gasteiger partial charge in [-0.2, -0.15) is 0 Å². The molecule has 37 heavy (non-hydrogen) atoms. The fourth-order valence-corrected chi connectivity index (χ4v) is 4.96. The van der Waals surface area contributed by atoms with Crippen molar-refractivity contribution < 1.29 is 9.90 Å². The normalized spacial score (nSPS) is 11.2. The molecule has 0 atom stereocenters. The first-order valence-corrected chi connectivity index (χ1v) is 12.7. The topological polar surface area (TPSA) is 54.3 Å². The lowest BCUT2D eigenvalue weighted by Crippen LogP contribution is -2.12. The van der Waals surface area contributed by atoms with Crippen molar-refractivity contribution in [2.45, 2.75) is 40.4 Å². The van der Waals surface area contributed by atoms with Gasteiger partial charge in [0.1, 0.15) is 0 Å². The van der Waals surface area contributed by atoms with Gasteiger partial charge in [-0.25, -0.2) is 4.79 Å². The Labute approximate surface area is 218 Å². The predicted octanol–water partition coefficient (Wildman–Crippen LogP) is 7.27. The number of aryl methyl sites for hydroxylation is 2. The fraction of sp³-hybridized carbons (Fsp3) is 0.182. The van der Waals surface area contributed by atoms with Gasteiger partial charge in [-0.3, -0.25) is 0 Å². The lowest BCUT2D eigenvalue weighted by molar-refractivity contribution is 0.0697. The number of carboxylic acids is 1. The second-order valence-corrected chi connectivity index (χ2v) is 9.78. The molecule has 0 amide bonds. The van der Waals surface area contributed by atoms with Crippen LogP contribution < -0.4 is 5.32 Å². The summed E-state index contributed by atoms with van der Waals surface area (Å²) in [5.74, 6) is -0.908. The molecular weight excluding hydrogens is 456 g/mol. The average Bonchev–Trinajstić information content (AvgIpc) is 3.14. The molecule has 0 aliphatic rings. The third-order valence-corrected chi connectivity index (χ3v) is 7.25. The van der Waals surface area contributed by atoms with E-state index in [2.05, 4.69) is 85.3 Å². The highest BCUT2D eigenvalue weighted by Crippen LogP contribution is 2.29. The number of carbonyl (C=O) groups is 1. The molecule has 0 saturated carbocycles. The van der Waals surface area contributed by atoms with Gasteiger partial charge in [-0.1, -0.05) is 78.4 Å². The number of nitrogens with zero attached hydrogens (tertiary/aromatic N) is 1. The van der Waals surface area contributed by atoms with Gasteiger partial charge < -0.3 is 15.0 Å². The minimum atomic E-state index is -0.908. The number of rotatable bonds is 8. The highest BCUT2D eigenvalue weighted by Gasteiger charge is 2.13. The highest BCUT2D eigenvalue weighted by atomic mass is 16.4. The van der Waals surface area contributed by atoms with Crippen LogP contribution >= 0.6 is 0 Å². The summed E-state index contributed by atoms with van der Waals surface area (Å²) in [6.45, 7) is 8.93. The SMILES string of the molecule is Cc1ccc(CNCc2ccc3c(c2)c(C)c(C)n3Cc2ccc(-c3ccccc3C(=O)O)cc2)cc1. The van der Waals surface area contributed by atoms with Crippen LogP contribution in [-0.4, -0.2) is 15.6 Å². The number of carboxylic acid groups (broad SMARTS) is 1. The molecule has 0 spiro atoms. The molecule has 0 bridgehead atoms. The number of aromatic nitrogens is 1. The summed E-state index contributed by atoms with van der Waals surface area (Å²) in [4.78, 5) is 11.6. The molecule has 1 aromatic heterocycles. The zero-order chi connectivity index (χ0) is 25.9. The second-order valence-electron chi connectivity index (χ2n) is 9.78. The van der Waals surface area contributed by atoms with Crippen molar-refractivity contribution >= 4 is 16.9 Å². The van der Waals surface area contributed by atoms with Crippen molar-refractivity contribution in [2.75, 3.05) is 0 Å². The zero-order valence-corrected chi connectivity index (χ0v) is 21.6. The van der Waals surface area contributed by atoms with E-state index in [1.807, 2.05) is 24.3 Å². The van der Waals surface area contributed by atoms with Gasteiger partial charge in [0, 0.05) is 36.2 Å². The molecule has 1 heterocycles. The molecule has 4 heteroatoms. The highest BCUT2D eigenvalue weighted by molar-refractivity contribution is 5.96. The first-order chi connectivity index (χ1) is 17.9. The van der Waals surface area contributed by atoms with Gasteiger partial charge in [0.15, 0.2) is 0 Å². The number of hydrogen-bond donors (Lipinski definition) is 2. The maximum Gasteiger partial charge on any atom is 0.336 e. The molecule has 0 aliphatic heterocycles. The zero-order valence-electron chi connectivity index (χ0n) is 21.6. The largest absolute Gasteiger partial charge is 0.478 e. The summed E-state index contributed by atoms with van der Waals surface area (Å²) in [6.07, 6.45) is 0. The molecule has 4 aromatic carbocycles. The van der Waals surface area contributed by atoms with Gasteiger partial charge in [0.25, 0.3) is 0 Å². The van der Waals surface area contributed by atoms with Crippen LogP contribution in [0.3, 0.4) is 0 Å². The number of benzene rings is 4. The third kappa shape index (κ3) is 5.20. The van der Waals surface area contributed by atoms with Crippen LogP contribution in [0.5, 0.6) is 0 Å². The quantitative estimate of drug-likeness (QED) is 0.241. The predicted molar refractivity (Wildman–Crippen MR) is 151 cm³/mol. The molecule has 186 valence electrons. The van der Waals surface area contributed by atoms with Crippen molar-refractivity contribution in [2.24, 2.45) is 0 Å². The summed E-state index contributed by atoms with van der Waals surface area (Å²) >= 11 is 0. The number of aromatic carboxylic acids is 1. The van der Waals surface area contributed by atoms with E-state index >= 15 is 0 Å². The van der Waals surface area contributed by atoms with E-state index < -0.39 is 5.97 Å². The van der Waals surface area contributed by atoms with E-state index in [4.69, 9.17) is 0 Å². The Kier molecular flexibility index (Phi) is 6.93. The van der Waals surface area contributed by atoms with Crippen LogP contribution in [0, 0.1) is 20.8 Å². The Balaban J connectivity index is 1.33. The lowest BCUT2D eigenvalue weighted by Gasteiger charge is -2.11. The molecule has 0 saturated heterocycles. The summed E-state index contributed by atoms with van der Waals surface area (Å²) in [5, 5.41) is 14.4. The van der Waals surface area contributed by atoms with Crippen molar-refractivity contribution in [1.82, 2.24) is 9.88 Å². The maximum atomic E-state index is 11.6. The van der Waals surface area contributed by atoms with Crippen LogP contribution in [0.15, 0.2) is 91.0 Å². The molecule has 0 radical (unpaired) electrons. The summed E-state index contributed by atoms with van der Waals surface area (Å²) in [6, 6.07) is 30.8. The Morgan fingerprint density at radius 1 is 0.784 bits per heavy atom. The van der Waals surface area contributed by atoms with Crippen LogP contribution in [0.1, 0.15) is 43.9 Å². The van der Waals surface area contributed by atoms with Crippen LogP contribution in [-0.2, 0) is 19.6 Å². The Bertz CT molecular complexity index is 1560. The van der Waals surface area contributed by atoms with Gasteiger partial charge in [-0.05, 0) is 72.4 Å².